The lowest BCUT2D eigenvalue weighted by Gasteiger charge is -2.27. The topological polar surface area (TPSA) is 77.3 Å². The van der Waals surface area contributed by atoms with Gasteiger partial charge < -0.3 is 9.64 Å². The van der Waals surface area contributed by atoms with Crippen molar-refractivity contribution in [3.8, 4) is 0 Å². The second-order valence-corrected chi connectivity index (χ2v) is 8.01. The molecule has 1 aromatic carbocycles. The summed E-state index contributed by atoms with van der Waals surface area (Å²) in [6.45, 7) is 6.45. The Balaban J connectivity index is 1.90. The number of sulfone groups is 1. The van der Waals surface area contributed by atoms with Gasteiger partial charge in [0.1, 0.15) is 0 Å². The molecule has 24 heavy (non-hydrogen) atoms. The summed E-state index contributed by atoms with van der Waals surface area (Å²) in [5.74, 6) is 0.494. The average Bonchev–Trinajstić information content (AvgIpc) is 2.94. The fourth-order valence-electron chi connectivity index (χ4n) is 2.84. The van der Waals surface area contributed by atoms with Gasteiger partial charge in [0.2, 0.25) is 15.8 Å². The van der Waals surface area contributed by atoms with Crippen molar-refractivity contribution in [1.29, 1.82) is 0 Å². The van der Waals surface area contributed by atoms with Gasteiger partial charge in [0.05, 0.1) is 19.0 Å². The van der Waals surface area contributed by atoms with Gasteiger partial charge in [0.15, 0.2) is 0 Å². The number of nitrogens with zero attached hydrogens (tertiary/aromatic N) is 4. The Morgan fingerprint density at radius 3 is 2.58 bits per heavy atom. The number of morpholine rings is 1. The van der Waals surface area contributed by atoms with Gasteiger partial charge in [0, 0.05) is 20.1 Å². The van der Waals surface area contributed by atoms with E-state index in [1.807, 2.05) is 36.9 Å². The number of benzene rings is 1. The Hall–Kier alpha value is -1.93. The van der Waals surface area contributed by atoms with Crippen LogP contribution in [0.15, 0.2) is 23.4 Å². The summed E-state index contributed by atoms with van der Waals surface area (Å²) < 4.78 is 32.5. The largest absolute Gasteiger partial charge is 0.378 e. The van der Waals surface area contributed by atoms with Crippen molar-refractivity contribution in [3.63, 3.8) is 0 Å². The van der Waals surface area contributed by atoms with Crippen LogP contribution in [0, 0.1) is 13.8 Å². The molecule has 0 spiro atoms. The number of anilines is 1. The zero-order valence-corrected chi connectivity index (χ0v) is 15.0. The van der Waals surface area contributed by atoms with Crippen molar-refractivity contribution in [3.05, 3.63) is 34.9 Å². The Bertz CT molecular complexity index is 839. The number of hydrogen-bond acceptors (Lipinski definition) is 6. The molecular formula is C16H22N4O3S. The van der Waals surface area contributed by atoms with Crippen molar-refractivity contribution in [2.75, 3.05) is 31.2 Å². The Labute approximate surface area is 142 Å². The van der Waals surface area contributed by atoms with Gasteiger partial charge in [-0.05, 0) is 25.0 Å². The summed E-state index contributed by atoms with van der Waals surface area (Å²) in [4.78, 5) is 1.99. The van der Waals surface area contributed by atoms with Gasteiger partial charge in [-0.15, -0.1) is 10.2 Å². The van der Waals surface area contributed by atoms with Gasteiger partial charge in [-0.2, -0.15) is 0 Å². The fourth-order valence-corrected chi connectivity index (χ4v) is 4.36. The maximum atomic E-state index is 12.8. The predicted molar refractivity (Wildman–Crippen MR) is 90.8 cm³/mol. The molecule has 0 atom stereocenters. The van der Waals surface area contributed by atoms with E-state index in [1.54, 1.807) is 11.6 Å². The minimum absolute atomic E-state index is 0.00454. The Morgan fingerprint density at radius 2 is 1.88 bits per heavy atom. The monoisotopic (exact) mass is 350 g/mol. The molecule has 1 saturated heterocycles. The zero-order chi connectivity index (χ0) is 17.3. The fraction of sp³-hybridized carbons (Fsp3) is 0.500. The van der Waals surface area contributed by atoms with E-state index < -0.39 is 9.84 Å². The summed E-state index contributed by atoms with van der Waals surface area (Å²) in [7, 11) is -1.87. The van der Waals surface area contributed by atoms with Crippen LogP contribution in [0.4, 0.5) is 5.95 Å². The average molecular weight is 350 g/mol. The van der Waals surface area contributed by atoms with E-state index >= 15 is 0 Å². The van der Waals surface area contributed by atoms with E-state index in [0.29, 0.717) is 32.3 Å². The van der Waals surface area contributed by atoms with Crippen molar-refractivity contribution in [2.45, 2.75) is 24.8 Å². The lowest BCUT2D eigenvalue weighted by molar-refractivity contribution is 0.121. The number of aromatic nitrogens is 3. The Kier molecular flexibility index (Phi) is 4.60. The van der Waals surface area contributed by atoms with Crippen LogP contribution in [0.5, 0.6) is 0 Å². The molecule has 0 N–H and O–H groups in total. The third-order valence-corrected chi connectivity index (χ3v) is 5.84. The molecular weight excluding hydrogens is 328 g/mol. The summed E-state index contributed by atoms with van der Waals surface area (Å²) in [6, 6.07) is 5.83. The summed E-state index contributed by atoms with van der Waals surface area (Å²) in [6.07, 6.45) is 0. The van der Waals surface area contributed by atoms with E-state index in [9.17, 15) is 8.42 Å². The molecule has 0 radical (unpaired) electrons. The molecule has 130 valence electrons. The molecule has 2 aromatic rings. The Morgan fingerprint density at radius 1 is 1.17 bits per heavy atom. The van der Waals surface area contributed by atoms with Crippen LogP contribution in [0.2, 0.25) is 0 Å². The van der Waals surface area contributed by atoms with Gasteiger partial charge in [-0.3, -0.25) is 4.57 Å². The molecule has 1 aliphatic rings. The highest BCUT2D eigenvalue weighted by Gasteiger charge is 2.26. The molecule has 0 bridgehead atoms. The summed E-state index contributed by atoms with van der Waals surface area (Å²) in [5, 5.41) is 8.05. The molecule has 1 aromatic heterocycles. The minimum atomic E-state index is -3.57. The SMILES string of the molecule is Cc1ccc(C)c(CS(=O)(=O)c2nnc(N3CCOCC3)n2C)c1. The van der Waals surface area contributed by atoms with Crippen LogP contribution in [0.1, 0.15) is 16.7 Å². The van der Waals surface area contributed by atoms with Crippen LogP contribution in [0.25, 0.3) is 0 Å². The maximum Gasteiger partial charge on any atom is 0.251 e. The number of hydrogen-bond donors (Lipinski definition) is 0. The molecule has 0 amide bonds. The van der Waals surface area contributed by atoms with Crippen LogP contribution < -0.4 is 4.90 Å². The quantitative estimate of drug-likeness (QED) is 0.826. The molecule has 7 nitrogen and oxygen atoms in total. The normalized spacial score (nSPS) is 15.7. The lowest BCUT2D eigenvalue weighted by atomic mass is 10.1. The second-order valence-electron chi connectivity index (χ2n) is 6.13. The van der Waals surface area contributed by atoms with Gasteiger partial charge in [0.25, 0.3) is 5.16 Å². The van der Waals surface area contributed by atoms with Crippen LogP contribution >= 0.6 is 0 Å². The molecule has 0 saturated carbocycles. The van der Waals surface area contributed by atoms with Crippen LogP contribution in [-0.2, 0) is 27.4 Å². The summed E-state index contributed by atoms with van der Waals surface area (Å²) in [5.41, 5.74) is 2.79. The third kappa shape index (κ3) is 3.29. The first kappa shape index (κ1) is 16.9. The highest BCUT2D eigenvalue weighted by molar-refractivity contribution is 7.90. The lowest BCUT2D eigenvalue weighted by Crippen LogP contribution is -2.37. The van der Waals surface area contributed by atoms with E-state index in [2.05, 4.69) is 10.2 Å². The van der Waals surface area contributed by atoms with Gasteiger partial charge in [-0.1, -0.05) is 23.8 Å². The number of aryl methyl sites for hydroxylation is 2. The number of rotatable bonds is 4. The first-order valence-electron chi connectivity index (χ1n) is 7.89. The number of ether oxygens (including phenoxy) is 1. The van der Waals surface area contributed by atoms with E-state index in [1.165, 1.54) is 0 Å². The molecule has 8 heteroatoms. The molecule has 0 unspecified atom stereocenters. The van der Waals surface area contributed by atoms with Gasteiger partial charge >= 0.3 is 0 Å². The predicted octanol–water partition coefficient (Wildman–Crippen LogP) is 1.24. The highest BCUT2D eigenvalue weighted by Crippen LogP contribution is 2.21. The van der Waals surface area contributed by atoms with E-state index in [-0.39, 0.29) is 10.9 Å². The second kappa shape index (κ2) is 6.52. The van der Waals surface area contributed by atoms with E-state index in [4.69, 9.17) is 4.74 Å². The first-order valence-corrected chi connectivity index (χ1v) is 9.55. The van der Waals surface area contributed by atoms with Crippen molar-refractivity contribution in [1.82, 2.24) is 14.8 Å². The molecule has 1 aliphatic heterocycles. The zero-order valence-electron chi connectivity index (χ0n) is 14.2. The third-order valence-electron chi connectivity index (χ3n) is 4.23. The molecule has 3 rings (SSSR count). The smallest absolute Gasteiger partial charge is 0.251 e. The maximum absolute atomic E-state index is 12.8. The van der Waals surface area contributed by atoms with Crippen LogP contribution in [-0.4, -0.2) is 49.5 Å². The molecule has 0 aliphatic carbocycles. The minimum Gasteiger partial charge on any atom is -0.378 e. The van der Waals surface area contributed by atoms with Crippen molar-refractivity contribution >= 4 is 15.8 Å². The summed E-state index contributed by atoms with van der Waals surface area (Å²) >= 11 is 0. The van der Waals surface area contributed by atoms with Crippen LogP contribution in [0.3, 0.4) is 0 Å². The van der Waals surface area contributed by atoms with Crippen molar-refractivity contribution < 1.29 is 13.2 Å². The molecule has 1 fully saturated rings. The first-order chi connectivity index (χ1) is 11.4. The standard InChI is InChI=1S/C16H22N4O3S/c1-12-4-5-13(2)14(10-12)11-24(21,22)16-18-17-15(19(16)3)20-6-8-23-9-7-20/h4-5,10H,6-9,11H2,1-3H3. The van der Waals surface area contributed by atoms with Crippen molar-refractivity contribution in [2.24, 2.45) is 7.05 Å². The molecule has 2 heterocycles. The highest BCUT2D eigenvalue weighted by atomic mass is 32.2. The van der Waals surface area contributed by atoms with Gasteiger partial charge in [-0.25, -0.2) is 8.42 Å². The van der Waals surface area contributed by atoms with E-state index in [0.717, 1.165) is 16.7 Å².